The van der Waals surface area contributed by atoms with Gasteiger partial charge in [0.15, 0.2) is 0 Å². The highest BCUT2D eigenvalue weighted by Gasteiger charge is 2.33. The summed E-state index contributed by atoms with van der Waals surface area (Å²) in [7, 11) is 0. The van der Waals surface area contributed by atoms with Crippen molar-refractivity contribution in [3.63, 3.8) is 0 Å². The number of fused-ring (bicyclic) bond motifs is 1. The van der Waals surface area contributed by atoms with Gasteiger partial charge in [-0.3, -0.25) is 0 Å². The summed E-state index contributed by atoms with van der Waals surface area (Å²) in [6, 6.07) is 5.00. The van der Waals surface area contributed by atoms with Gasteiger partial charge in [-0.1, -0.05) is 39.8 Å². The molecule has 0 aliphatic rings. The number of alkyl halides is 3. The van der Waals surface area contributed by atoms with Crippen molar-refractivity contribution < 1.29 is 13.2 Å². The van der Waals surface area contributed by atoms with E-state index in [9.17, 15) is 13.2 Å². The predicted molar refractivity (Wildman–Crippen MR) is 74.3 cm³/mol. The number of halogens is 3. The van der Waals surface area contributed by atoms with Crippen LogP contribution < -0.4 is 0 Å². The van der Waals surface area contributed by atoms with E-state index in [-0.39, 0.29) is 0 Å². The summed E-state index contributed by atoms with van der Waals surface area (Å²) in [5.41, 5.74) is 0.450. The van der Waals surface area contributed by atoms with Crippen LogP contribution in [0.15, 0.2) is 23.6 Å². The zero-order valence-corrected chi connectivity index (χ0v) is 12.2. The summed E-state index contributed by atoms with van der Waals surface area (Å²) in [5, 5.41) is 1.47. The molecule has 0 N–H and O–H groups in total. The van der Waals surface area contributed by atoms with Gasteiger partial charge in [-0.15, -0.1) is 11.3 Å². The van der Waals surface area contributed by atoms with Crippen LogP contribution >= 0.6 is 11.3 Å². The van der Waals surface area contributed by atoms with Gasteiger partial charge in [-0.05, 0) is 18.6 Å². The lowest BCUT2D eigenvalue weighted by molar-refractivity contribution is -0.136. The van der Waals surface area contributed by atoms with Crippen LogP contribution in [0.2, 0.25) is 0 Å². The Hall–Kier alpha value is -1.03. The standard InChI is InChI=1S/C10H7F3S.2C2H6/c1-6-2-3-7-8(10(11,12)13)5-14-9(7)4-6;2*1-2/h2-5H,1H3;2*1-2H3. The molecule has 0 bridgehead atoms. The van der Waals surface area contributed by atoms with Gasteiger partial charge in [0, 0.05) is 15.5 Å². The summed E-state index contributed by atoms with van der Waals surface area (Å²) >= 11 is 1.13. The number of benzene rings is 1. The molecule has 0 aliphatic carbocycles. The highest BCUT2D eigenvalue weighted by molar-refractivity contribution is 7.17. The second-order valence-corrected chi connectivity index (χ2v) is 4.06. The number of aryl methyl sites for hydroxylation is 1. The molecule has 0 nitrogen and oxygen atoms in total. The van der Waals surface area contributed by atoms with Crippen molar-refractivity contribution in [2.24, 2.45) is 0 Å². The average Bonchev–Trinajstić information content (AvgIpc) is 2.76. The number of rotatable bonds is 0. The highest BCUT2D eigenvalue weighted by atomic mass is 32.1. The van der Waals surface area contributed by atoms with Crippen LogP contribution in [0, 0.1) is 6.92 Å². The SMILES string of the molecule is CC.CC.Cc1ccc2c(C(F)(F)F)csc2c1. The molecule has 0 aliphatic heterocycles. The molecule has 2 rings (SSSR count). The van der Waals surface area contributed by atoms with Crippen molar-refractivity contribution in [3.05, 3.63) is 34.7 Å². The molecule has 4 heteroatoms. The molecule has 0 amide bonds. The fraction of sp³-hybridized carbons (Fsp3) is 0.429. The van der Waals surface area contributed by atoms with Gasteiger partial charge in [0.2, 0.25) is 0 Å². The lowest BCUT2D eigenvalue weighted by atomic mass is 10.1. The van der Waals surface area contributed by atoms with E-state index in [1.54, 1.807) is 12.1 Å². The molecule has 0 spiro atoms. The Morgan fingerprint density at radius 1 is 1.00 bits per heavy atom. The van der Waals surface area contributed by atoms with E-state index in [2.05, 4.69) is 0 Å². The maximum atomic E-state index is 12.5. The van der Waals surface area contributed by atoms with Gasteiger partial charge in [0.05, 0.1) is 5.56 Å². The number of hydrogen-bond donors (Lipinski definition) is 0. The lowest BCUT2D eigenvalue weighted by Gasteiger charge is -2.04. The largest absolute Gasteiger partial charge is 0.417 e. The zero-order valence-electron chi connectivity index (χ0n) is 11.4. The molecule has 0 fully saturated rings. The maximum Gasteiger partial charge on any atom is 0.417 e. The van der Waals surface area contributed by atoms with Crippen LogP contribution in [-0.2, 0) is 6.18 Å². The molecule has 0 radical (unpaired) electrons. The Labute approximate surface area is 110 Å². The van der Waals surface area contributed by atoms with Crippen molar-refractivity contribution in [2.45, 2.75) is 40.8 Å². The molecule has 0 saturated carbocycles. The minimum absolute atomic E-state index is 0.299. The van der Waals surface area contributed by atoms with Crippen molar-refractivity contribution in [2.75, 3.05) is 0 Å². The van der Waals surface area contributed by atoms with Crippen LogP contribution in [0.3, 0.4) is 0 Å². The van der Waals surface area contributed by atoms with E-state index >= 15 is 0 Å². The first-order valence-electron chi connectivity index (χ1n) is 6.03. The Morgan fingerprint density at radius 2 is 1.56 bits per heavy atom. The van der Waals surface area contributed by atoms with E-state index in [1.807, 2.05) is 34.6 Å². The van der Waals surface area contributed by atoms with Crippen LogP contribution in [0.25, 0.3) is 10.1 Å². The third-order valence-corrected chi connectivity index (χ3v) is 2.98. The molecule has 18 heavy (non-hydrogen) atoms. The fourth-order valence-corrected chi connectivity index (χ4v) is 2.42. The molecule has 0 saturated heterocycles. The van der Waals surface area contributed by atoms with E-state index in [0.29, 0.717) is 10.1 Å². The van der Waals surface area contributed by atoms with Crippen molar-refractivity contribution in [3.8, 4) is 0 Å². The first kappa shape index (κ1) is 17.0. The summed E-state index contributed by atoms with van der Waals surface area (Å²) in [6.07, 6.45) is -4.24. The monoisotopic (exact) mass is 276 g/mol. The van der Waals surface area contributed by atoms with Gasteiger partial charge >= 0.3 is 6.18 Å². The van der Waals surface area contributed by atoms with E-state index in [0.717, 1.165) is 16.9 Å². The molecule has 1 heterocycles. The van der Waals surface area contributed by atoms with E-state index in [4.69, 9.17) is 0 Å². The lowest BCUT2D eigenvalue weighted by Crippen LogP contribution is -2.02. The molecule has 1 aromatic heterocycles. The van der Waals surface area contributed by atoms with Crippen molar-refractivity contribution >= 4 is 21.4 Å². The molecule has 0 unspecified atom stereocenters. The predicted octanol–water partition coefficient (Wildman–Crippen LogP) is 6.28. The van der Waals surface area contributed by atoms with Gasteiger partial charge in [-0.25, -0.2) is 0 Å². The summed E-state index contributed by atoms with van der Waals surface area (Å²) in [4.78, 5) is 0. The van der Waals surface area contributed by atoms with Gasteiger partial charge in [0.1, 0.15) is 0 Å². The first-order valence-corrected chi connectivity index (χ1v) is 6.91. The molecule has 1 aromatic carbocycles. The fourth-order valence-electron chi connectivity index (χ4n) is 1.35. The highest BCUT2D eigenvalue weighted by Crippen LogP contribution is 2.38. The van der Waals surface area contributed by atoms with Crippen LogP contribution in [0.5, 0.6) is 0 Å². The second-order valence-electron chi connectivity index (χ2n) is 3.15. The number of thiophene rings is 1. The normalized spacial score (nSPS) is 10.2. The molecular formula is C14H19F3S. The van der Waals surface area contributed by atoms with E-state index < -0.39 is 11.7 Å². The molecule has 0 atom stereocenters. The van der Waals surface area contributed by atoms with Crippen LogP contribution in [0.1, 0.15) is 38.8 Å². The first-order chi connectivity index (χ1) is 8.48. The van der Waals surface area contributed by atoms with Gasteiger partial charge < -0.3 is 0 Å². The number of hydrogen-bond acceptors (Lipinski definition) is 1. The Balaban J connectivity index is 0.000000659. The van der Waals surface area contributed by atoms with Crippen molar-refractivity contribution in [1.29, 1.82) is 0 Å². The molecule has 2 aromatic rings. The molecule has 102 valence electrons. The third-order valence-electron chi connectivity index (χ3n) is 2.04. The minimum atomic E-state index is -4.24. The second kappa shape index (κ2) is 7.41. The van der Waals surface area contributed by atoms with Gasteiger partial charge in [-0.2, -0.15) is 13.2 Å². The Bertz CT molecular complexity index is 469. The Kier molecular flexibility index (Phi) is 6.99. The summed E-state index contributed by atoms with van der Waals surface area (Å²) in [5.74, 6) is 0. The van der Waals surface area contributed by atoms with E-state index in [1.165, 1.54) is 11.4 Å². The van der Waals surface area contributed by atoms with Crippen molar-refractivity contribution in [1.82, 2.24) is 0 Å². The summed E-state index contributed by atoms with van der Waals surface area (Å²) < 4.78 is 38.1. The van der Waals surface area contributed by atoms with Crippen LogP contribution in [0.4, 0.5) is 13.2 Å². The topological polar surface area (TPSA) is 0 Å². The zero-order chi connectivity index (χ0) is 14.3. The quantitative estimate of drug-likeness (QED) is 0.531. The summed E-state index contributed by atoms with van der Waals surface area (Å²) in [6.45, 7) is 9.87. The minimum Gasteiger partial charge on any atom is -0.166 e. The van der Waals surface area contributed by atoms with Crippen LogP contribution in [-0.4, -0.2) is 0 Å². The smallest absolute Gasteiger partial charge is 0.166 e. The Morgan fingerprint density at radius 3 is 2.06 bits per heavy atom. The molecular weight excluding hydrogens is 257 g/mol. The average molecular weight is 276 g/mol. The maximum absolute atomic E-state index is 12.5. The van der Waals surface area contributed by atoms with Gasteiger partial charge in [0.25, 0.3) is 0 Å². The third kappa shape index (κ3) is 4.02.